The standard InChI is InChI=1S/C16H22Cl2N2O3S/c17-12-5-6-13(18)16(11-12)24(22,23)20-9-7-19(8-10-20)14-3-1-2-4-15(14)21/h5-6,11,14-15,21H,1-4,7-10H2/t14-,15+/m0/s1. The molecule has 0 spiro atoms. The van der Waals surface area contributed by atoms with Crippen LogP contribution in [0.3, 0.4) is 0 Å². The lowest BCUT2D eigenvalue weighted by molar-refractivity contribution is 0.00640. The van der Waals surface area contributed by atoms with Crippen molar-refractivity contribution < 1.29 is 13.5 Å². The number of nitrogens with zero attached hydrogens (tertiary/aromatic N) is 2. The van der Waals surface area contributed by atoms with E-state index in [-0.39, 0.29) is 22.1 Å². The Kier molecular flexibility index (Phi) is 5.74. The van der Waals surface area contributed by atoms with Crippen LogP contribution >= 0.6 is 23.2 Å². The molecule has 24 heavy (non-hydrogen) atoms. The molecule has 1 saturated heterocycles. The van der Waals surface area contributed by atoms with E-state index in [1.165, 1.54) is 16.4 Å². The lowest BCUT2D eigenvalue weighted by atomic mass is 9.91. The second-order valence-electron chi connectivity index (χ2n) is 6.43. The van der Waals surface area contributed by atoms with Crippen LogP contribution in [-0.4, -0.2) is 61.1 Å². The fraction of sp³-hybridized carbons (Fsp3) is 0.625. The molecule has 1 aliphatic heterocycles. The monoisotopic (exact) mass is 392 g/mol. The minimum absolute atomic E-state index is 0.0582. The Morgan fingerprint density at radius 1 is 1.04 bits per heavy atom. The number of sulfonamides is 1. The Balaban J connectivity index is 1.70. The van der Waals surface area contributed by atoms with Gasteiger partial charge in [0.05, 0.1) is 11.1 Å². The van der Waals surface area contributed by atoms with Crippen molar-refractivity contribution in [1.82, 2.24) is 9.21 Å². The summed E-state index contributed by atoms with van der Waals surface area (Å²) in [6.07, 6.45) is 3.71. The van der Waals surface area contributed by atoms with Gasteiger partial charge in [-0.15, -0.1) is 0 Å². The van der Waals surface area contributed by atoms with E-state index >= 15 is 0 Å². The second-order valence-corrected chi connectivity index (χ2v) is 9.18. The van der Waals surface area contributed by atoms with Gasteiger partial charge in [0.2, 0.25) is 10.0 Å². The molecular formula is C16H22Cl2N2O3S. The molecule has 1 aromatic rings. The zero-order valence-electron chi connectivity index (χ0n) is 13.4. The van der Waals surface area contributed by atoms with Crippen LogP contribution in [0.25, 0.3) is 0 Å². The first-order valence-corrected chi connectivity index (χ1v) is 10.5. The molecule has 5 nitrogen and oxygen atoms in total. The first kappa shape index (κ1) is 18.4. The molecule has 1 N–H and O–H groups in total. The first-order chi connectivity index (χ1) is 11.4. The van der Waals surface area contributed by atoms with Crippen molar-refractivity contribution >= 4 is 33.2 Å². The molecule has 0 amide bonds. The maximum atomic E-state index is 12.8. The molecule has 3 rings (SSSR count). The summed E-state index contributed by atoms with van der Waals surface area (Å²) >= 11 is 12.0. The Morgan fingerprint density at radius 2 is 1.71 bits per heavy atom. The van der Waals surface area contributed by atoms with Crippen LogP contribution in [-0.2, 0) is 10.0 Å². The van der Waals surface area contributed by atoms with Crippen molar-refractivity contribution in [3.63, 3.8) is 0 Å². The van der Waals surface area contributed by atoms with Crippen molar-refractivity contribution in [2.45, 2.75) is 42.7 Å². The van der Waals surface area contributed by atoms with Gasteiger partial charge >= 0.3 is 0 Å². The summed E-state index contributed by atoms with van der Waals surface area (Å²) in [6, 6.07) is 4.63. The topological polar surface area (TPSA) is 60.9 Å². The summed E-state index contributed by atoms with van der Waals surface area (Å²) in [7, 11) is -3.66. The molecule has 2 aliphatic rings. The molecule has 1 aromatic carbocycles. The minimum atomic E-state index is -3.66. The maximum absolute atomic E-state index is 12.8. The summed E-state index contributed by atoms with van der Waals surface area (Å²) < 4.78 is 27.1. The molecule has 2 fully saturated rings. The van der Waals surface area contributed by atoms with Gasteiger partial charge in [-0.2, -0.15) is 4.31 Å². The number of hydrogen-bond donors (Lipinski definition) is 1. The predicted octanol–water partition coefficient (Wildman–Crippen LogP) is 2.60. The quantitative estimate of drug-likeness (QED) is 0.858. The van der Waals surface area contributed by atoms with E-state index < -0.39 is 10.0 Å². The molecule has 1 heterocycles. The van der Waals surface area contributed by atoms with E-state index in [1.54, 1.807) is 6.07 Å². The molecule has 2 atom stereocenters. The second kappa shape index (κ2) is 7.48. The Hall–Kier alpha value is -0.370. The van der Waals surface area contributed by atoms with Gasteiger partial charge < -0.3 is 5.11 Å². The number of benzene rings is 1. The zero-order chi connectivity index (χ0) is 17.3. The van der Waals surface area contributed by atoms with Gasteiger partial charge in [-0.1, -0.05) is 36.0 Å². The molecule has 0 unspecified atom stereocenters. The summed E-state index contributed by atoms with van der Waals surface area (Å²) in [5.41, 5.74) is 0. The third-order valence-corrected chi connectivity index (χ3v) is 7.56. The average Bonchev–Trinajstić information content (AvgIpc) is 2.57. The number of aliphatic hydroxyl groups is 1. The fourth-order valence-corrected chi connectivity index (χ4v) is 5.77. The van der Waals surface area contributed by atoms with Crippen LogP contribution in [0.1, 0.15) is 25.7 Å². The van der Waals surface area contributed by atoms with Gasteiger partial charge in [0.1, 0.15) is 4.90 Å². The first-order valence-electron chi connectivity index (χ1n) is 8.27. The third kappa shape index (κ3) is 3.74. The highest BCUT2D eigenvalue weighted by atomic mass is 35.5. The molecule has 8 heteroatoms. The van der Waals surface area contributed by atoms with Crippen molar-refractivity contribution in [2.75, 3.05) is 26.2 Å². The molecule has 134 valence electrons. The van der Waals surface area contributed by atoms with Gasteiger partial charge in [0.25, 0.3) is 0 Å². The van der Waals surface area contributed by atoms with Crippen LogP contribution in [0.4, 0.5) is 0 Å². The van der Waals surface area contributed by atoms with E-state index in [2.05, 4.69) is 4.90 Å². The van der Waals surface area contributed by atoms with E-state index in [0.717, 1.165) is 25.7 Å². The van der Waals surface area contributed by atoms with Crippen LogP contribution < -0.4 is 0 Å². The van der Waals surface area contributed by atoms with Crippen molar-refractivity contribution in [2.24, 2.45) is 0 Å². The predicted molar refractivity (Wildman–Crippen MR) is 95.1 cm³/mol. The summed E-state index contributed by atoms with van der Waals surface area (Å²) in [6.45, 7) is 2.04. The van der Waals surface area contributed by atoms with E-state index in [1.807, 2.05) is 0 Å². The molecule has 0 bridgehead atoms. The zero-order valence-corrected chi connectivity index (χ0v) is 15.7. The van der Waals surface area contributed by atoms with Gasteiger partial charge in [-0.25, -0.2) is 8.42 Å². The largest absolute Gasteiger partial charge is 0.391 e. The fourth-order valence-electron chi connectivity index (χ4n) is 3.61. The lowest BCUT2D eigenvalue weighted by Crippen LogP contribution is -2.55. The highest BCUT2D eigenvalue weighted by molar-refractivity contribution is 7.89. The number of piperazine rings is 1. The van der Waals surface area contributed by atoms with Crippen molar-refractivity contribution in [3.05, 3.63) is 28.2 Å². The number of aliphatic hydroxyl groups excluding tert-OH is 1. The Labute approximate surface area is 153 Å². The van der Waals surface area contributed by atoms with Crippen LogP contribution in [0, 0.1) is 0 Å². The van der Waals surface area contributed by atoms with Crippen molar-refractivity contribution in [3.8, 4) is 0 Å². The van der Waals surface area contributed by atoms with Gasteiger partial charge in [0, 0.05) is 37.2 Å². The normalized spacial score (nSPS) is 27.3. The van der Waals surface area contributed by atoms with Crippen LogP contribution in [0.15, 0.2) is 23.1 Å². The van der Waals surface area contributed by atoms with E-state index in [0.29, 0.717) is 31.2 Å². The van der Waals surface area contributed by atoms with Crippen molar-refractivity contribution in [1.29, 1.82) is 0 Å². The van der Waals surface area contributed by atoms with Gasteiger partial charge in [-0.05, 0) is 31.0 Å². The smallest absolute Gasteiger partial charge is 0.244 e. The minimum Gasteiger partial charge on any atom is -0.391 e. The molecule has 0 aromatic heterocycles. The SMILES string of the molecule is O=S(=O)(c1cc(Cl)ccc1Cl)N1CCN([C@H]2CCCC[C@H]2O)CC1. The average molecular weight is 393 g/mol. The molecule has 1 saturated carbocycles. The van der Waals surface area contributed by atoms with Gasteiger partial charge in [0.15, 0.2) is 0 Å². The Morgan fingerprint density at radius 3 is 2.38 bits per heavy atom. The molecular weight excluding hydrogens is 371 g/mol. The lowest BCUT2D eigenvalue weighted by Gasteiger charge is -2.42. The highest BCUT2D eigenvalue weighted by Crippen LogP contribution is 2.29. The highest BCUT2D eigenvalue weighted by Gasteiger charge is 2.35. The van der Waals surface area contributed by atoms with Gasteiger partial charge in [-0.3, -0.25) is 4.90 Å². The third-order valence-electron chi connectivity index (χ3n) is 4.95. The summed E-state index contributed by atoms with van der Waals surface area (Å²) in [5, 5.41) is 10.7. The summed E-state index contributed by atoms with van der Waals surface area (Å²) in [5.74, 6) is 0. The Bertz CT molecular complexity index is 691. The molecule has 0 radical (unpaired) electrons. The van der Waals surface area contributed by atoms with E-state index in [9.17, 15) is 13.5 Å². The molecule has 1 aliphatic carbocycles. The number of hydrogen-bond acceptors (Lipinski definition) is 4. The summed E-state index contributed by atoms with van der Waals surface area (Å²) in [4.78, 5) is 2.28. The number of halogens is 2. The van der Waals surface area contributed by atoms with Crippen LogP contribution in [0.2, 0.25) is 10.0 Å². The van der Waals surface area contributed by atoms with Crippen LogP contribution in [0.5, 0.6) is 0 Å². The number of rotatable bonds is 3. The maximum Gasteiger partial charge on any atom is 0.244 e. The van der Waals surface area contributed by atoms with E-state index in [4.69, 9.17) is 23.2 Å².